The fraction of sp³-hybridized carbons (Fsp3) is 0.923. The molecule has 2 fully saturated rings. The molecule has 0 spiro atoms. The molecule has 17 heavy (non-hydrogen) atoms. The van der Waals surface area contributed by atoms with E-state index < -0.39 is 5.60 Å². The molecule has 2 aliphatic rings. The Morgan fingerprint density at radius 3 is 2.59 bits per heavy atom. The van der Waals surface area contributed by atoms with Gasteiger partial charge >= 0.3 is 0 Å². The van der Waals surface area contributed by atoms with Gasteiger partial charge in [-0.1, -0.05) is 26.2 Å². The number of ether oxygens (including phenoxy) is 1. The number of carbonyl (C=O) groups is 1. The lowest BCUT2D eigenvalue weighted by Crippen LogP contribution is -2.64. The number of primary amides is 1. The average Bonchev–Trinajstić information content (AvgIpc) is 2.39. The summed E-state index contributed by atoms with van der Waals surface area (Å²) in [6, 6.07) is 0.367. The summed E-state index contributed by atoms with van der Waals surface area (Å²) in [7, 11) is 0. The minimum absolute atomic E-state index is 0.286. The van der Waals surface area contributed by atoms with Gasteiger partial charge in [0.25, 0.3) is 5.91 Å². The molecular formula is C13H24N2O2. The van der Waals surface area contributed by atoms with Crippen LogP contribution in [-0.2, 0) is 9.53 Å². The molecule has 3 N–H and O–H groups in total. The highest BCUT2D eigenvalue weighted by molar-refractivity contribution is 5.84. The molecule has 1 saturated heterocycles. The van der Waals surface area contributed by atoms with Gasteiger partial charge < -0.3 is 15.8 Å². The van der Waals surface area contributed by atoms with Crippen molar-refractivity contribution in [2.24, 2.45) is 11.7 Å². The Balaban J connectivity index is 2.07. The average molecular weight is 240 g/mol. The highest BCUT2D eigenvalue weighted by Crippen LogP contribution is 2.36. The topological polar surface area (TPSA) is 64.3 Å². The molecule has 4 nitrogen and oxygen atoms in total. The van der Waals surface area contributed by atoms with E-state index in [1.807, 2.05) is 0 Å². The zero-order chi connectivity index (χ0) is 12.3. The summed E-state index contributed by atoms with van der Waals surface area (Å²) in [5.74, 6) is 0.0190. The highest BCUT2D eigenvalue weighted by atomic mass is 16.5. The van der Waals surface area contributed by atoms with Gasteiger partial charge in [0, 0.05) is 12.6 Å². The minimum atomic E-state index is -0.744. The van der Waals surface area contributed by atoms with E-state index >= 15 is 0 Å². The third kappa shape index (κ3) is 2.47. The third-order valence-electron chi connectivity index (χ3n) is 4.37. The molecule has 0 bridgehead atoms. The Bertz CT molecular complexity index is 267. The van der Waals surface area contributed by atoms with Crippen LogP contribution in [0.3, 0.4) is 0 Å². The van der Waals surface area contributed by atoms with E-state index in [1.165, 1.54) is 19.3 Å². The fourth-order valence-electron chi connectivity index (χ4n) is 3.11. The first-order valence-electron chi connectivity index (χ1n) is 6.86. The Labute approximate surface area is 103 Å². The molecule has 1 amide bonds. The van der Waals surface area contributed by atoms with Gasteiger partial charge in [0.2, 0.25) is 0 Å². The van der Waals surface area contributed by atoms with E-state index in [9.17, 15) is 4.79 Å². The van der Waals surface area contributed by atoms with Gasteiger partial charge in [-0.15, -0.1) is 0 Å². The van der Waals surface area contributed by atoms with Gasteiger partial charge in [-0.3, -0.25) is 4.79 Å². The Morgan fingerprint density at radius 2 is 2.12 bits per heavy atom. The van der Waals surface area contributed by atoms with Crippen molar-refractivity contribution in [2.75, 3.05) is 13.2 Å². The van der Waals surface area contributed by atoms with Gasteiger partial charge in [-0.05, 0) is 25.2 Å². The molecule has 98 valence electrons. The van der Waals surface area contributed by atoms with Crippen molar-refractivity contribution in [3.8, 4) is 0 Å². The lowest BCUT2D eigenvalue weighted by atomic mass is 9.75. The Kier molecular flexibility index (Phi) is 4.05. The van der Waals surface area contributed by atoms with Gasteiger partial charge in [0.15, 0.2) is 5.60 Å². The quantitative estimate of drug-likeness (QED) is 0.779. The zero-order valence-corrected chi connectivity index (χ0v) is 10.7. The van der Waals surface area contributed by atoms with E-state index in [-0.39, 0.29) is 5.91 Å². The number of hydrogen-bond donors (Lipinski definition) is 2. The van der Waals surface area contributed by atoms with Gasteiger partial charge in [0.05, 0.1) is 6.61 Å². The fourth-order valence-corrected chi connectivity index (χ4v) is 3.11. The van der Waals surface area contributed by atoms with Crippen LogP contribution in [0.2, 0.25) is 0 Å². The first-order chi connectivity index (χ1) is 8.19. The van der Waals surface area contributed by atoms with Crippen LogP contribution < -0.4 is 11.1 Å². The first-order valence-corrected chi connectivity index (χ1v) is 6.86. The van der Waals surface area contributed by atoms with Crippen LogP contribution in [0, 0.1) is 5.92 Å². The van der Waals surface area contributed by atoms with Crippen molar-refractivity contribution in [2.45, 2.75) is 57.1 Å². The van der Waals surface area contributed by atoms with Crippen molar-refractivity contribution in [1.29, 1.82) is 0 Å². The predicted molar refractivity (Wildman–Crippen MR) is 66.5 cm³/mol. The van der Waals surface area contributed by atoms with Crippen LogP contribution in [0.4, 0.5) is 0 Å². The summed E-state index contributed by atoms with van der Waals surface area (Å²) in [4.78, 5) is 11.8. The third-order valence-corrected chi connectivity index (χ3v) is 4.37. The molecular weight excluding hydrogens is 216 g/mol. The maximum Gasteiger partial charge on any atom is 0.251 e. The molecule has 4 heteroatoms. The van der Waals surface area contributed by atoms with Gasteiger partial charge in [-0.2, -0.15) is 0 Å². The van der Waals surface area contributed by atoms with Crippen molar-refractivity contribution in [1.82, 2.24) is 5.32 Å². The monoisotopic (exact) mass is 240 g/mol. The first kappa shape index (κ1) is 12.8. The second-order valence-electron chi connectivity index (χ2n) is 5.39. The molecule has 1 heterocycles. The molecule has 0 radical (unpaired) electrons. The van der Waals surface area contributed by atoms with Crippen LogP contribution in [0.5, 0.6) is 0 Å². The molecule has 0 aromatic rings. The van der Waals surface area contributed by atoms with E-state index in [2.05, 4.69) is 12.2 Å². The number of nitrogens with two attached hydrogens (primary N) is 1. The summed E-state index contributed by atoms with van der Waals surface area (Å²) in [6.45, 7) is 3.32. The van der Waals surface area contributed by atoms with Crippen LogP contribution in [0.1, 0.15) is 45.4 Å². The molecule has 1 aliphatic heterocycles. The van der Waals surface area contributed by atoms with Crippen LogP contribution in [-0.4, -0.2) is 30.7 Å². The number of nitrogens with one attached hydrogen (secondary N) is 1. The maximum atomic E-state index is 11.8. The zero-order valence-electron chi connectivity index (χ0n) is 10.7. The SMILES string of the molecule is CCC1COC(C(N)=O)(C2CCCCC2)CN1. The normalized spacial score (nSPS) is 35.7. The standard InChI is InChI=1S/C13H24N2O2/c1-2-11-8-17-13(9-15-11,12(14)16)10-6-4-3-5-7-10/h10-11,15H,2-9H2,1H3,(H2,14,16). The van der Waals surface area contributed by atoms with E-state index in [4.69, 9.17) is 10.5 Å². The smallest absolute Gasteiger partial charge is 0.251 e. The van der Waals surface area contributed by atoms with Crippen LogP contribution in [0.15, 0.2) is 0 Å². The highest BCUT2D eigenvalue weighted by Gasteiger charge is 2.47. The predicted octanol–water partition coefficient (Wildman–Crippen LogP) is 1.19. The number of rotatable bonds is 3. The van der Waals surface area contributed by atoms with Crippen molar-refractivity contribution < 1.29 is 9.53 Å². The Hall–Kier alpha value is -0.610. The Morgan fingerprint density at radius 1 is 1.41 bits per heavy atom. The number of amides is 1. The summed E-state index contributed by atoms with van der Waals surface area (Å²) < 4.78 is 5.93. The number of hydrogen-bond acceptors (Lipinski definition) is 3. The summed E-state index contributed by atoms with van der Waals surface area (Å²) in [5.41, 5.74) is 4.87. The molecule has 0 aromatic carbocycles. The lowest BCUT2D eigenvalue weighted by molar-refractivity contribution is -0.163. The molecule has 2 atom stereocenters. The van der Waals surface area contributed by atoms with Crippen molar-refractivity contribution >= 4 is 5.91 Å². The lowest BCUT2D eigenvalue weighted by Gasteiger charge is -2.44. The largest absolute Gasteiger partial charge is 0.367 e. The van der Waals surface area contributed by atoms with E-state index in [1.54, 1.807) is 0 Å². The second-order valence-corrected chi connectivity index (χ2v) is 5.39. The molecule has 2 unspecified atom stereocenters. The number of morpholine rings is 1. The summed E-state index contributed by atoms with van der Waals surface area (Å²) in [5, 5.41) is 3.41. The van der Waals surface area contributed by atoms with E-state index in [0.29, 0.717) is 25.1 Å². The second kappa shape index (κ2) is 5.36. The van der Waals surface area contributed by atoms with Crippen LogP contribution in [0.25, 0.3) is 0 Å². The summed E-state index contributed by atoms with van der Waals surface area (Å²) in [6.07, 6.45) is 6.83. The number of carbonyl (C=O) groups excluding carboxylic acids is 1. The maximum absolute atomic E-state index is 11.8. The van der Waals surface area contributed by atoms with Crippen LogP contribution >= 0.6 is 0 Å². The van der Waals surface area contributed by atoms with Crippen molar-refractivity contribution in [3.05, 3.63) is 0 Å². The van der Waals surface area contributed by atoms with E-state index in [0.717, 1.165) is 19.3 Å². The molecule has 1 saturated carbocycles. The van der Waals surface area contributed by atoms with Gasteiger partial charge in [-0.25, -0.2) is 0 Å². The molecule has 0 aromatic heterocycles. The van der Waals surface area contributed by atoms with Gasteiger partial charge in [0.1, 0.15) is 0 Å². The molecule has 1 aliphatic carbocycles. The minimum Gasteiger partial charge on any atom is -0.367 e. The summed E-state index contributed by atoms with van der Waals surface area (Å²) >= 11 is 0. The molecule has 2 rings (SSSR count). The van der Waals surface area contributed by atoms with Crippen molar-refractivity contribution in [3.63, 3.8) is 0 Å².